The molecule has 12 heteroatoms. The van der Waals surface area contributed by atoms with Crippen LogP contribution in [0.5, 0.6) is 0 Å². The van der Waals surface area contributed by atoms with Crippen molar-refractivity contribution in [3.8, 4) is 22.6 Å². The molecule has 2 N–H and O–H groups in total. The molecule has 260 valence electrons. The molecule has 4 aromatic rings. The van der Waals surface area contributed by atoms with Gasteiger partial charge in [0.25, 0.3) is 0 Å². The molecule has 0 radical (unpaired) electrons. The zero-order valence-corrected chi connectivity index (χ0v) is 28.0. The number of rotatable bonds is 10. The van der Waals surface area contributed by atoms with Crippen molar-refractivity contribution in [1.82, 2.24) is 19.9 Å². The number of ether oxygens (including phenoxy) is 1. The third kappa shape index (κ3) is 6.97. The van der Waals surface area contributed by atoms with Crippen molar-refractivity contribution in [2.75, 3.05) is 50.2 Å². The topological polar surface area (TPSA) is 107 Å². The van der Waals surface area contributed by atoms with E-state index >= 15 is 0 Å². The maximum absolute atomic E-state index is 13.9. The fourth-order valence-electron chi connectivity index (χ4n) is 7.88. The van der Waals surface area contributed by atoms with E-state index in [1.807, 2.05) is 37.4 Å². The van der Waals surface area contributed by atoms with E-state index in [0.717, 1.165) is 67.5 Å². The Morgan fingerprint density at radius 3 is 2.39 bits per heavy atom. The largest absolute Gasteiger partial charge is 0.481 e. The molecular formula is C37H43F3N6O3. The quantitative estimate of drug-likeness (QED) is 0.175. The van der Waals surface area contributed by atoms with E-state index in [2.05, 4.69) is 19.8 Å². The van der Waals surface area contributed by atoms with Crippen LogP contribution in [0, 0.1) is 11.3 Å². The van der Waals surface area contributed by atoms with Crippen LogP contribution in [0.2, 0.25) is 0 Å². The number of H-pyrrole nitrogens is 1. The van der Waals surface area contributed by atoms with Gasteiger partial charge in [-0.05, 0) is 86.4 Å². The summed E-state index contributed by atoms with van der Waals surface area (Å²) in [7, 11) is 3.80. The summed E-state index contributed by atoms with van der Waals surface area (Å²) in [6, 6.07) is 11.6. The van der Waals surface area contributed by atoms with E-state index in [-0.39, 0.29) is 22.8 Å². The highest BCUT2D eigenvalue weighted by Crippen LogP contribution is 2.46. The third-order valence-corrected chi connectivity index (χ3v) is 10.6. The lowest BCUT2D eigenvalue weighted by Gasteiger charge is -2.40. The molecular weight excluding hydrogens is 633 g/mol. The molecule has 4 heterocycles. The number of nitrogens with zero attached hydrogens (tertiary/aromatic N) is 5. The second-order valence-electron chi connectivity index (χ2n) is 14.2. The number of carboxylic acid groups (broad SMARTS) is 1. The molecule has 2 saturated carbocycles. The first kappa shape index (κ1) is 33.3. The van der Waals surface area contributed by atoms with Crippen molar-refractivity contribution in [1.29, 1.82) is 0 Å². The highest BCUT2D eigenvalue weighted by molar-refractivity contribution is 5.91. The number of halogens is 3. The third-order valence-electron chi connectivity index (χ3n) is 10.6. The lowest BCUT2D eigenvalue weighted by Crippen LogP contribution is -2.40. The minimum atomic E-state index is -4.52. The Balaban J connectivity index is 1.25. The van der Waals surface area contributed by atoms with E-state index in [1.165, 1.54) is 12.6 Å². The minimum Gasteiger partial charge on any atom is -0.481 e. The Hall–Kier alpha value is -4.19. The molecule has 1 aliphatic heterocycles. The van der Waals surface area contributed by atoms with Crippen molar-refractivity contribution in [2.24, 2.45) is 11.3 Å². The summed E-state index contributed by atoms with van der Waals surface area (Å²) in [6.45, 7) is 2.78. The van der Waals surface area contributed by atoms with Crippen molar-refractivity contribution in [3.05, 3.63) is 53.9 Å². The minimum absolute atomic E-state index is 0.00974. The molecule has 2 aliphatic carbocycles. The van der Waals surface area contributed by atoms with Gasteiger partial charge < -0.3 is 24.6 Å². The second-order valence-corrected chi connectivity index (χ2v) is 14.2. The molecule has 7 rings (SSSR count). The van der Waals surface area contributed by atoms with E-state index < -0.39 is 17.8 Å². The van der Waals surface area contributed by atoms with Gasteiger partial charge in [-0.1, -0.05) is 19.3 Å². The molecule has 3 fully saturated rings. The van der Waals surface area contributed by atoms with Gasteiger partial charge in [0, 0.05) is 62.2 Å². The summed E-state index contributed by atoms with van der Waals surface area (Å²) in [5.74, 6) is -0.526. The summed E-state index contributed by atoms with van der Waals surface area (Å²) in [4.78, 5) is 33.1. The molecule has 0 unspecified atom stereocenters. The van der Waals surface area contributed by atoms with Crippen LogP contribution in [-0.2, 0) is 15.7 Å². The molecule has 3 aliphatic rings. The zero-order valence-electron chi connectivity index (χ0n) is 28.0. The number of benzene rings is 1. The summed E-state index contributed by atoms with van der Waals surface area (Å²) in [5, 5.41) is 9.36. The van der Waals surface area contributed by atoms with Gasteiger partial charge in [-0.2, -0.15) is 13.2 Å². The van der Waals surface area contributed by atoms with Crippen LogP contribution in [0.1, 0.15) is 75.0 Å². The fourth-order valence-corrected chi connectivity index (χ4v) is 7.88. The number of aromatic amines is 1. The number of aliphatic carboxylic acids is 1. The number of methoxy groups -OCH3 is 1. The highest BCUT2D eigenvalue weighted by Gasteiger charge is 2.40. The Morgan fingerprint density at radius 2 is 1.76 bits per heavy atom. The lowest BCUT2D eigenvalue weighted by molar-refractivity contribution is -0.143. The Labute approximate surface area is 283 Å². The van der Waals surface area contributed by atoms with Crippen LogP contribution < -0.4 is 9.80 Å². The summed E-state index contributed by atoms with van der Waals surface area (Å²) in [5.41, 5.74) is 4.48. The highest BCUT2D eigenvalue weighted by atomic mass is 19.4. The summed E-state index contributed by atoms with van der Waals surface area (Å²) < 4.78 is 47.4. The number of fused-ring (bicyclic) bond motifs is 1. The molecule has 0 spiro atoms. The summed E-state index contributed by atoms with van der Waals surface area (Å²) >= 11 is 0. The van der Waals surface area contributed by atoms with Gasteiger partial charge in [0.2, 0.25) is 0 Å². The number of pyridine rings is 2. The lowest BCUT2D eigenvalue weighted by atomic mass is 9.74. The van der Waals surface area contributed by atoms with Crippen LogP contribution in [-0.4, -0.2) is 71.4 Å². The van der Waals surface area contributed by atoms with Gasteiger partial charge in [-0.3, -0.25) is 9.78 Å². The Kier molecular flexibility index (Phi) is 9.02. The fraction of sp³-hybridized carbons (Fsp3) is 0.514. The zero-order chi connectivity index (χ0) is 34.3. The van der Waals surface area contributed by atoms with Crippen molar-refractivity contribution in [2.45, 2.75) is 69.9 Å². The predicted molar refractivity (Wildman–Crippen MR) is 183 cm³/mol. The van der Waals surface area contributed by atoms with Gasteiger partial charge in [0.15, 0.2) is 5.65 Å². The summed E-state index contributed by atoms with van der Waals surface area (Å²) in [6.07, 6.45) is 5.09. The van der Waals surface area contributed by atoms with E-state index in [0.29, 0.717) is 55.3 Å². The SMILES string of the molecule is COCC1(CN(C)c2cc(-c3cnc(C(F)(F)F)c(C4CC4)c3)nc3nc(-c4ccc(N5CCC(C(=O)O)CC5)cc4)[nH]c23)CCCCC1. The van der Waals surface area contributed by atoms with Crippen molar-refractivity contribution < 1.29 is 27.8 Å². The molecule has 3 aromatic heterocycles. The smallest absolute Gasteiger partial charge is 0.433 e. The van der Waals surface area contributed by atoms with Crippen molar-refractivity contribution >= 4 is 28.5 Å². The van der Waals surface area contributed by atoms with Crippen LogP contribution in [0.15, 0.2) is 42.6 Å². The standard InChI is InChI=1S/C37H43F3N6O3/c1-45(21-36(22-49-2)14-4-3-5-15-36)30-19-29(26-18-28(23-6-7-23)32(41-20-26)37(38,39)40)42-34-31(30)43-33(44-34)24-8-10-27(11-9-24)46-16-12-25(13-17-46)35(47)48/h8-11,18-20,23,25H,3-7,12-17,21-22H2,1-2H3,(H,47,48)(H,42,43,44). The van der Waals surface area contributed by atoms with E-state index in [4.69, 9.17) is 14.7 Å². The molecule has 1 aromatic carbocycles. The molecule has 0 bridgehead atoms. The molecule has 0 amide bonds. The average Bonchev–Trinajstić information content (AvgIpc) is 3.86. The maximum atomic E-state index is 13.9. The monoisotopic (exact) mass is 676 g/mol. The predicted octanol–water partition coefficient (Wildman–Crippen LogP) is 7.92. The van der Waals surface area contributed by atoms with E-state index in [9.17, 15) is 23.1 Å². The number of carbonyl (C=O) groups is 1. The molecule has 0 atom stereocenters. The first-order chi connectivity index (χ1) is 23.5. The first-order valence-corrected chi connectivity index (χ1v) is 17.3. The number of nitrogens with one attached hydrogen (secondary N) is 1. The van der Waals surface area contributed by atoms with Crippen LogP contribution >= 0.6 is 0 Å². The van der Waals surface area contributed by atoms with Gasteiger partial charge in [0.1, 0.15) is 17.0 Å². The number of piperidine rings is 1. The average molecular weight is 677 g/mol. The van der Waals surface area contributed by atoms with Crippen LogP contribution in [0.25, 0.3) is 33.8 Å². The maximum Gasteiger partial charge on any atom is 0.433 e. The van der Waals surface area contributed by atoms with Gasteiger partial charge in [0.05, 0.1) is 23.9 Å². The van der Waals surface area contributed by atoms with Crippen molar-refractivity contribution in [3.63, 3.8) is 0 Å². The number of carboxylic acids is 1. The molecule has 49 heavy (non-hydrogen) atoms. The normalized spacial score (nSPS) is 18.6. The number of hydrogen-bond acceptors (Lipinski definition) is 7. The molecule has 1 saturated heterocycles. The number of hydrogen-bond donors (Lipinski definition) is 2. The molecule has 9 nitrogen and oxygen atoms in total. The number of anilines is 2. The van der Waals surface area contributed by atoms with E-state index in [1.54, 1.807) is 13.2 Å². The first-order valence-electron chi connectivity index (χ1n) is 17.3. The Morgan fingerprint density at radius 1 is 1.04 bits per heavy atom. The van der Waals surface area contributed by atoms with Gasteiger partial charge in [-0.15, -0.1) is 0 Å². The van der Waals surface area contributed by atoms with Gasteiger partial charge in [-0.25, -0.2) is 9.97 Å². The Bertz CT molecular complexity index is 1800. The number of imidazole rings is 1. The second kappa shape index (κ2) is 13.3. The number of aromatic nitrogens is 4. The van der Waals surface area contributed by atoms with Gasteiger partial charge >= 0.3 is 12.1 Å². The van der Waals surface area contributed by atoms with Crippen LogP contribution in [0.3, 0.4) is 0 Å². The number of alkyl halides is 3. The van der Waals surface area contributed by atoms with Crippen LogP contribution in [0.4, 0.5) is 24.5 Å².